The van der Waals surface area contributed by atoms with E-state index in [2.05, 4.69) is 19.9 Å². The average molecular weight is 380 g/mol. The van der Waals surface area contributed by atoms with Crippen molar-refractivity contribution in [3.05, 3.63) is 69.5 Å². The number of nitrogens with one attached hydrogen (secondary N) is 1. The summed E-state index contributed by atoms with van der Waals surface area (Å²) in [5.74, 6) is 1.96. The van der Waals surface area contributed by atoms with Gasteiger partial charge in [0.05, 0.1) is 11.1 Å². The molecular formula is C19H16N4OS2. The fourth-order valence-corrected chi connectivity index (χ4v) is 4.63. The van der Waals surface area contributed by atoms with Gasteiger partial charge in [-0.2, -0.15) is 0 Å². The Morgan fingerprint density at radius 2 is 1.92 bits per heavy atom. The highest BCUT2D eigenvalue weighted by atomic mass is 32.2. The van der Waals surface area contributed by atoms with E-state index < -0.39 is 0 Å². The number of hydrogen-bond donors (Lipinski definition) is 1. The second-order valence-electron chi connectivity index (χ2n) is 5.89. The number of aromatic amines is 1. The first-order chi connectivity index (χ1) is 12.6. The number of H-pyrrole nitrogens is 1. The van der Waals surface area contributed by atoms with Crippen LogP contribution in [0, 0.1) is 13.8 Å². The molecule has 5 nitrogen and oxygen atoms in total. The van der Waals surface area contributed by atoms with Crippen LogP contribution in [0.2, 0.25) is 0 Å². The van der Waals surface area contributed by atoms with Gasteiger partial charge in [0.1, 0.15) is 21.5 Å². The first-order valence-electron chi connectivity index (χ1n) is 8.11. The first kappa shape index (κ1) is 16.9. The largest absolute Gasteiger partial charge is 0.309 e. The molecule has 3 heterocycles. The summed E-state index contributed by atoms with van der Waals surface area (Å²) in [6, 6.07) is 11.8. The maximum atomic E-state index is 12.7. The summed E-state index contributed by atoms with van der Waals surface area (Å²) in [7, 11) is 0. The molecule has 1 N–H and O–H groups in total. The quantitative estimate of drug-likeness (QED) is 0.421. The number of nitrogens with zero attached hydrogens (tertiary/aromatic N) is 3. The molecule has 0 saturated carbocycles. The lowest BCUT2D eigenvalue weighted by Crippen LogP contribution is -2.10. The molecule has 26 heavy (non-hydrogen) atoms. The Hall–Kier alpha value is -2.51. The lowest BCUT2D eigenvalue weighted by atomic mass is 10.1. The number of benzene rings is 1. The Bertz CT molecular complexity index is 1120. The van der Waals surface area contributed by atoms with Crippen molar-refractivity contribution in [2.75, 3.05) is 0 Å². The molecule has 0 atom stereocenters. The van der Waals surface area contributed by atoms with Crippen molar-refractivity contribution in [2.45, 2.75) is 24.6 Å². The molecule has 0 unspecified atom stereocenters. The van der Waals surface area contributed by atoms with Crippen molar-refractivity contribution in [2.24, 2.45) is 0 Å². The normalized spacial score (nSPS) is 11.2. The van der Waals surface area contributed by atoms with Crippen LogP contribution in [-0.4, -0.2) is 19.9 Å². The van der Waals surface area contributed by atoms with E-state index in [0.717, 1.165) is 32.5 Å². The van der Waals surface area contributed by atoms with Gasteiger partial charge in [0.2, 0.25) is 0 Å². The molecule has 4 rings (SSSR count). The number of thiophene rings is 1. The van der Waals surface area contributed by atoms with Crippen molar-refractivity contribution in [1.29, 1.82) is 0 Å². The Morgan fingerprint density at radius 3 is 2.69 bits per heavy atom. The Balaban J connectivity index is 1.65. The molecule has 0 amide bonds. The minimum absolute atomic E-state index is 0.0965. The van der Waals surface area contributed by atoms with Crippen LogP contribution in [0.4, 0.5) is 0 Å². The topological polar surface area (TPSA) is 71.5 Å². The van der Waals surface area contributed by atoms with E-state index in [1.54, 1.807) is 11.8 Å². The van der Waals surface area contributed by atoms with Crippen LogP contribution in [0.25, 0.3) is 21.3 Å². The van der Waals surface area contributed by atoms with Crippen molar-refractivity contribution >= 4 is 33.3 Å². The number of rotatable bonds is 4. The molecule has 130 valence electrons. The highest BCUT2D eigenvalue weighted by molar-refractivity contribution is 7.98. The van der Waals surface area contributed by atoms with E-state index in [4.69, 9.17) is 0 Å². The predicted molar refractivity (Wildman–Crippen MR) is 107 cm³/mol. The van der Waals surface area contributed by atoms with Gasteiger partial charge >= 0.3 is 0 Å². The number of thioether (sulfide) groups is 1. The first-order valence-corrected chi connectivity index (χ1v) is 9.97. The number of aryl methyl sites for hydroxylation is 2. The van der Waals surface area contributed by atoms with Crippen LogP contribution in [0.15, 0.2) is 51.6 Å². The predicted octanol–water partition coefficient (Wildman–Crippen LogP) is 4.35. The zero-order valence-electron chi connectivity index (χ0n) is 14.3. The molecule has 7 heteroatoms. The molecule has 4 aromatic rings. The standard InChI is InChI=1S/C19H16N4OS2/c1-11-8-16(21-12(2)20-11)25-10-15-22-18(24)17-14(9-26-19(17)23-15)13-6-4-3-5-7-13/h3-9H,10H2,1-2H3,(H,22,23,24). The van der Waals surface area contributed by atoms with E-state index >= 15 is 0 Å². The maximum absolute atomic E-state index is 12.7. The summed E-state index contributed by atoms with van der Waals surface area (Å²) in [6.07, 6.45) is 0. The lowest BCUT2D eigenvalue weighted by molar-refractivity contribution is 0.934. The molecule has 0 aliphatic carbocycles. The third-order valence-electron chi connectivity index (χ3n) is 3.88. The van der Waals surface area contributed by atoms with Gasteiger partial charge in [0.15, 0.2) is 0 Å². The van der Waals surface area contributed by atoms with E-state index in [1.165, 1.54) is 11.3 Å². The van der Waals surface area contributed by atoms with Crippen molar-refractivity contribution in [3.8, 4) is 11.1 Å². The van der Waals surface area contributed by atoms with E-state index in [0.29, 0.717) is 17.0 Å². The molecular weight excluding hydrogens is 364 g/mol. The Labute approximate surface area is 158 Å². The number of fused-ring (bicyclic) bond motifs is 1. The van der Waals surface area contributed by atoms with Crippen LogP contribution in [0.5, 0.6) is 0 Å². The number of hydrogen-bond acceptors (Lipinski definition) is 6. The summed E-state index contributed by atoms with van der Waals surface area (Å²) in [6.45, 7) is 3.82. The second-order valence-corrected chi connectivity index (χ2v) is 7.75. The SMILES string of the molecule is Cc1cc(SCc2nc3scc(-c4ccccc4)c3c(=O)[nH]2)nc(C)n1. The maximum Gasteiger partial charge on any atom is 0.260 e. The summed E-state index contributed by atoms with van der Waals surface area (Å²) < 4.78 is 0. The summed E-state index contributed by atoms with van der Waals surface area (Å²) in [4.78, 5) is 29.7. The second kappa shape index (κ2) is 7.01. The van der Waals surface area contributed by atoms with Crippen LogP contribution in [0.1, 0.15) is 17.3 Å². The van der Waals surface area contributed by atoms with E-state index in [1.807, 2.05) is 55.6 Å². The fraction of sp³-hybridized carbons (Fsp3) is 0.158. The molecule has 0 saturated heterocycles. The summed E-state index contributed by atoms with van der Waals surface area (Å²) in [5.41, 5.74) is 2.80. The molecule has 0 bridgehead atoms. The number of aromatic nitrogens is 4. The minimum atomic E-state index is -0.0965. The highest BCUT2D eigenvalue weighted by Gasteiger charge is 2.13. The molecule has 0 fully saturated rings. The van der Waals surface area contributed by atoms with Gasteiger partial charge in [-0.15, -0.1) is 11.3 Å². The van der Waals surface area contributed by atoms with Gasteiger partial charge in [-0.3, -0.25) is 4.79 Å². The van der Waals surface area contributed by atoms with Gasteiger partial charge in [0, 0.05) is 16.6 Å². The van der Waals surface area contributed by atoms with E-state index in [-0.39, 0.29) is 5.56 Å². The van der Waals surface area contributed by atoms with Crippen molar-refractivity contribution < 1.29 is 0 Å². The lowest BCUT2D eigenvalue weighted by Gasteiger charge is -2.04. The Kier molecular flexibility index (Phi) is 4.57. The van der Waals surface area contributed by atoms with Crippen LogP contribution < -0.4 is 5.56 Å². The van der Waals surface area contributed by atoms with Crippen molar-refractivity contribution in [1.82, 2.24) is 19.9 Å². The van der Waals surface area contributed by atoms with Gasteiger partial charge < -0.3 is 4.98 Å². The third-order valence-corrected chi connectivity index (χ3v) is 5.67. The zero-order chi connectivity index (χ0) is 18.1. The van der Waals surface area contributed by atoms with Gasteiger partial charge in [-0.25, -0.2) is 15.0 Å². The molecule has 0 aliphatic rings. The molecule has 0 spiro atoms. The van der Waals surface area contributed by atoms with Crippen molar-refractivity contribution in [3.63, 3.8) is 0 Å². The van der Waals surface area contributed by atoms with Gasteiger partial charge in [-0.1, -0.05) is 42.1 Å². The highest BCUT2D eigenvalue weighted by Crippen LogP contribution is 2.31. The fourth-order valence-electron chi connectivity index (χ4n) is 2.79. The zero-order valence-corrected chi connectivity index (χ0v) is 15.9. The molecule has 3 aromatic heterocycles. The van der Waals surface area contributed by atoms with Crippen LogP contribution >= 0.6 is 23.1 Å². The smallest absolute Gasteiger partial charge is 0.260 e. The molecule has 0 radical (unpaired) electrons. The van der Waals surface area contributed by atoms with Gasteiger partial charge in [-0.05, 0) is 25.5 Å². The molecule has 1 aromatic carbocycles. The Morgan fingerprint density at radius 1 is 1.12 bits per heavy atom. The van der Waals surface area contributed by atoms with Crippen LogP contribution in [-0.2, 0) is 5.75 Å². The summed E-state index contributed by atoms with van der Waals surface area (Å²) in [5, 5.41) is 3.54. The monoisotopic (exact) mass is 380 g/mol. The van der Waals surface area contributed by atoms with Crippen LogP contribution in [0.3, 0.4) is 0 Å². The van der Waals surface area contributed by atoms with E-state index in [9.17, 15) is 4.79 Å². The third kappa shape index (κ3) is 3.40. The van der Waals surface area contributed by atoms with Gasteiger partial charge in [0.25, 0.3) is 5.56 Å². The minimum Gasteiger partial charge on any atom is -0.309 e. The average Bonchev–Trinajstić information content (AvgIpc) is 3.04. The summed E-state index contributed by atoms with van der Waals surface area (Å²) >= 11 is 3.04. The molecule has 0 aliphatic heterocycles.